The quantitative estimate of drug-likeness (QED) is 0.911. The number of benzene rings is 1. The van der Waals surface area contributed by atoms with Gasteiger partial charge < -0.3 is 5.32 Å². The SMILES string of the molecule is Cc1cc(C(=O)Nc2sccc2C#N)ccc1Br. The second kappa shape index (κ2) is 5.34. The minimum atomic E-state index is -0.204. The van der Waals surface area contributed by atoms with E-state index in [0.29, 0.717) is 16.1 Å². The highest BCUT2D eigenvalue weighted by Gasteiger charge is 2.10. The molecule has 0 radical (unpaired) electrons. The molecule has 1 amide bonds. The average molecular weight is 321 g/mol. The number of halogens is 1. The Balaban J connectivity index is 2.23. The van der Waals surface area contributed by atoms with Crippen molar-refractivity contribution in [3.63, 3.8) is 0 Å². The van der Waals surface area contributed by atoms with E-state index in [2.05, 4.69) is 21.2 Å². The second-order valence-electron chi connectivity index (χ2n) is 3.69. The summed E-state index contributed by atoms with van der Waals surface area (Å²) in [4.78, 5) is 12.0. The van der Waals surface area contributed by atoms with E-state index >= 15 is 0 Å². The zero-order chi connectivity index (χ0) is 13.1. The van der Waals surface area contributed by atoms with Gasteiger partial charge in [0.15, 0.2) is 0 Å². The number of carbonyl (C=O) groups excluding carboxylic acids is 1. The van der Waals surface area contributed by atoms with Crippen LogP contribution in [0.25, 0.3) is 0 Å². The molecule has 1 N–H and O–H groups in total. The van der Waals surface area contributed by atoms with Gasteiger partial charge in [-0.25, -0.2) is 0 Å². The molecule has 90 valence electrons. The van der Waals surface area contributed by atoms with E-state index in [4.69, 9.17) is 5.26 Å². The Kier molecular flexibility index (Phi) is 3.80. The number of nitriles is 1. The van der Waals surface area contributed by atoms with Gasteiger partial charge in [0.2, 0.25) is 0 Å². The largest absolute Gasteiger partial charge is 0.312 e. The molecule has 1 aromatic heterocycles. The fraction of sp³-hybridized carbons (Fsp3) is 0.0769. The number of hydrogen-bond donors (Lipinski definition) is 1. The summed E-state index contributed by atoms with van der Waals surface area (Å²) < 4.78 is 0.966. The molecule has 0 saturated carbocycles. The molecule has 0 fully saturated rings. The highest BCUT2D eigenvalue weighted by molar-refractivity contribution is 9.10. The van der Waals surface area contributed by atoms with Crippen molar-refractivity contribution in [3.05, 3.63) is 50.8 Å². The molecular weight excluding hydrogens is 312 g/mol. The molecule has 0 saturated heterocycles. The second-order valence-corrected chi connectivity index (χ2v) is 5.46. The molecule has 2 aromatic rings. The van der Waals surface area contributed by atoms with Crippen LogP contribution in [-0.4, -0.2) is 5.91 Å². The maximum absolute atomic E-state index is 12.0. The van der Waals surface area contributed by atoms with Gasteiger partial charge in [-0.3, -0.25) is 4.79 Å². The van der Waals surface area contributed by atoms with E-state index in [-0.39, 0.29) is 5.91 Å². The van der Waals surface area contributed by atoms with Crippen molar-refractivity contribution in [1.29, 1.82) is 5.26 Å². The summed E-state index contributed by atoms with van der Waals surface area (Å²) >= 11 is 4.73. The number of anilines is 1. The number of aryl methyl sites for hydroxylation is 1. The van der Waals surface area contributed by atoms with Crippen molar-refractivity contribution in [1.82, 2.24) is 0 Å². The predicted octanol–water partition coefficient (Wildman–Crippen LogP) is 3.94. The van der Waals surface area contributed by atoms with E-state index in [1.165, 1.54) is 11.3 Å². The first kappa shape index (κ1) is 12.8. The molecule has 2 rings (SSSR count). The minimum Gasteiger partial charge on any atom is -0.312 e. The topological polar surface area (TPSA) is 52.9 Å². The van der Waals surface area contributed by atoms with Crippen LogP contribution in [0.1, 0.15) is 21.5 Å². The van der Waals surface area contributed by atoms with Crippen molar-refractivity contribution in [2.75, 3.05) is 5.32 Å². The van der Waals surface area contributed by atoms with E-state index < -0.39 is 0 Å². The number of nitrogens with one attached hydrogen (secondary N) is 1. The lowest BCUT2D eigenvalue weighted by molar-refractivity contribution is 0.102. The van der Waals surface area contributed by atoms with E-state index in [9.17, 15) is 4.79 Å². The van der Waals surface area contributed by atoms with Crippen LogP contribution in [0.15, 0.2) is 34.1 Å². The molecule has 0 aliphatic carbocycles. The first-order valence-electron chi connectivity index (χ1n) is 5.17. The van der Waals surface area contributed by atoms with Crippen LogP contribution in [0.3, 0.4) is 0 Å². The van der Waals surface area contributed by atoms with E-state index in [1.54, 1.807) is 23.6 Å². The molecule has 0 aliphatic rings. The summed E-state index contributed by atoms with van der Waals surface area (Å²) in [6, 6.07) is 9.11. The van der Waals surface area contributed by atoms with Crippen molar-refractivity contribution in [2.24, 2.45) is 0 Å². The summed E-state index contributed by atoms with van der Waals surface area (Å²) in [5.41, 5.74) is 2.06. The lowest BCUT2D eigenvalue weighted by atomic mass is 10.1. The average Bonchev–Trinajstić information content (AvgIpc) is 2.79. The third-order valence-corrected chi connectivity index (χ3v) is 4.15. The van der Waals surface area contributed by atoms with Crippen molar-refractivity contribution in [3.8, 4) is 6.07 Å². The standard InChI is InChI=1S/C13H9BrN2OS/c1-8-6-9(2-3-11(8)14)12(17)16-13-10(7-15)4-5-18-13/h2-6H,1H3,(H,16,17). The molecule has 0 atom stereocenters. The first-order valence-corrected chi connectivity index (χ1v) is 6.84. The van der Waals surface area contributed by atoms with Crippen molar-refractivity contribution >= 4 is 38.2 Å². The van der Waals surface area contributed by atoms with Crippen LogP contribution in [0, 0.1) is 18.3 Å². The van der Waals surface area contributed by atoms with Crippen LogP contribution in [0.2, 0.25) is 0 Å². The molecule has 0 bridgehead atoms. The predicted molar refractivity (Wildman–Crippen MR) is 75.9 cm³/mol. The molecule has 0 aliphatic heterocycles. The Morgan fingerprint density at radius 1 is 1.44 bits per heavy atom. The number of nitrogens with zero attached hydrogens (tertiary/aromatic N) is 1. The molecule has 5 heteroatoms. The summed E-state index contributed by atoms with van der Waals surface area (Å²) in [5.74, 6) is -0.204. The number of carbonyl (C=O) groups is 1. The zero-order valence-electron chi connectivity index (χ0n) is 9.53. The molecule has 1 heterocycles. The number of rotatable bonds is 2. The van der Waals surface area contributed by atoms with Gasteiger partial charge in [0.05, 0.1) is 5.56 Å². The Morgan fingerprint density at radius 3 is 2.89 bits per heavy atom. The minimum absolute atomic E-state index is 0.204. The molecule has 3 nitrogen and oxygen atoms in total. The van der Waals surface area contributed by atoms with Gasteiger partial charge in [0, 0.05) is 10.0 Å². The van der Waals surface area contributed by atoms with Gasteiger partial charge in [-0.1, -0.05) is 15.9 Å². The van der Waals surface area contributed by atoms with Crippen LogP contribution in [0.4, 0.5) is 5.00 Å². The fourth-order valence-electron chi connectivity index (χ4n) is 1.46. The maximum atomic E-state index is 12.0. The van der Waals surface area contributed by atoms with Crippen LogP contribution >= 0.6 is 27.3 Å². The summed E-state index contributed by atoms with van der Waals surface area (Å²) in [5, 5.41) is 14.0. The Bertz CT molecular complexity index is 643. The Morgan fingerprint density at radius 2 is 2.22 bits per heavy atom. The van der Waals surface area contributed by atoms with Gasteiger partial charge >= 0.3 is 0 Å². The molecule has 0 spiro atoms. The lowest BCUT2D eigenvalue weighted by Gasteiger charge is -2.05. The number of hydrogen-bond acceptors (Lipinski definition) is 3. The molecule has 18 heavy (non-hydrogen) atoms. The van der Waals surface area contributed by atoms with Crippen molar-refractivity contribution < 1.29 is 4.79 Å². The van der Waals surface area contributed by atoms with Crippen LogP contribution in [0.5, 0.6) is 0 Å². The number of amides is 1. The van der Waals surface area contributed by atoms with Crippen LogP contribution < -0.4 is 5.32 Å². The summed E-state index contributed by atoms with van der Waals surface area (Å²) in [6.07, 6.45) is 0. The molecule has 1 aromatic carbocycles. The lowest BCUT2D eigenvalue weighted by Crippen LogP contribution is -2.11. The Hall–Kier alpha value is -1.64. The van der Waals surface area contributed by atoms with Gasteiger partial charge in [0.25, 0.3) is 5.91 Å². The fourth-order valence-corrected chi connectivity index (χ4v) is 2.43. The highest BCUT2D eigenvalue weighted by atomic mass is 79.9. The van der Waals surface area contributed by atoms with E-state index in [0.717, 1.165) is 10.0 Å². The zero-order valence-corrected chi connectivity index (χ0v) is 11.9. The van der Waals surface area contributed by atoms with E-state index in [1.807, 2.05) is 19.1 Å². The van der Waals surface area contributed by atoms with Crippen LogP contribution in [-0.2, 0) is 0 Å². The Labute approximate surface area is 117 Å². The normalized spacial score (nSPS) is 9.83. The van der Waals surface area contributed by atoms with Crippen molar-refractivity contribution in [2.45, 2.75) is 6.92 Å². The smallest absolute Gasteiger partial charge is 0.256 e. The monoisotopic (exact) mass is 320 g/mol. The summed E-state index contributed by atoms with van der Waals surface area (Å²) in [6.45, 7) is 1.92. The van der Waals surface area contributed by atoms with Gasteiger partial charge in [-0.05, 0) is 42.1 Å². The maximum Gasteiger partial charge on any atom is 0.256 e. The first-order chi connectivity index (χ1) is 8.61. The van der Waals surface area contributed by atoms with Gasteiger partial charge in [0.1, 0.15) is 11.1 Å². The third-order valence-electron chi connectivity index (χ3n) is 2.43. The summed E-state index contributed by atoms with van der Waals surface area (Å²) in [7, 11) is 0. The van der Waals surface area contributed by atoms with Gasteiger partial charge in [-0.15, -0.1) is 11.3 Å². The third kappa shape index (κ3) is 2.61. The van der Waals surface area contributed by atoms with Gasteiger partial charge in [-0.2, -0.15) is 5.26 Å². The molecule has 0 unspecified atom stereocenters. The number of thiophene rings is 1. The molecular formula is C13H9BrN2OS. The highest BCUT2D eigenvalue weighted by Crippen LogP contribution is 2.23.